The highest BCUT2D eigenvalue weighted by Crippen LogP contribution is 2.29. The molecule has 8 nitrogen and oxygen atoms in total. The summed E-state index contributed by atoms with van der Waals surface area (Å²) in [6.07, 6.45) is 3.85. The van der Waals surface area contributed by atoms with Crippen LogP contribution in [0.3, 0.4) is 0 Å². The molecule has 0 spiro atoms. The molecule has 0 bridgehead atoms. The van der Waals surface area contributed by atoms with Crippen molar-refractivity contribution in [3.8, 4) is 11.8 Å². The van der Waals surface area contributed by atoms with E-state index in [4.69, 9.17) is 9.47 Å². The van der Waals surface area contributed by atoms with Crippen molar-refractivity contribution in [2.24, 2.45) is 5.92 Å². The summed E-state index contributed by atoms with van der Waals surface area (Å²) < 4.78 is 11.1. The van der Waals surface area contributed by atoms with Gasteiger partial charge in [0.2, 0.25) is 11.8 Å². The summed E-state index contributed by atoms with van der Waals surface area (Å²) in [5, 5.41) is 0. The number of amides is 2. The van der Waals surface area contributed by atoms with Crippen LogP contribution >= 0.6 is 0 Å². The molecule has 2 unspecified atom stereocenters. The summed E-state index contributed by atoms with van der Waals surface area (Å²) in [6, 6.07) is 7.80. The summed E-state index contributed by atoms with van der Waals surface area (Å²) in [6.45, 7) is 3.49. The zero-order chi connectivity index (χ0) is 20.4. The number of hydrogen-bond acceptors (Lipinski definition) is 6. The van der Waals surface area contributed by atoms with E-state index in [2.05, 4.69) is 9.97 Å². The van der Waals surface area contributed by atoms with Gasteiger partial charge in [0.25, 0.3) is 11.8 Å². The standard InChI is InChI=1S/C21H24N4O4/c1-14-3-5-16(6-4-14)25-12-15(11-18(25)26)21(27)24-10-7-17(13-24)29-20-19(28-2)22-8-9-23-20/h3-6,8-9,15,17H,7,10-13H2,1-2H3. The van der Waals surface area contributed by atoms with E-state index >= 15 is 0 Å². The van der Waals surface area contributed by atoms with Gasteiger partial charge in [-0.15, -0.1) is 0 Å². The van der Waals surface area contributed by atoms with Crippen LogP contribution in [0.5, 0.6) is 11.8 Å². The van der Waals surface area contributed by atoms with E-state index in [0.717, 1.165) is 11.3 Å². The fourth-order valence-electron chi connectivity index (χ4n) is 3.82. The average Bonchev–Trinajstić information content (AvgIpc) is 3.35. The van der Waals surface area contributed by atoms with Gasteiger partial charge in [0.1, 0.15) is 6.10 Å². The first-order valence-corrected chi connectivity index (χ1v) is 9.72. The first-order chi connectivity index (χ1) is 14.0. The van der Waals surface area contributed by atoms with Gasteiger partial charge in [0.15, 0.2) is 0 Å². The van der Waals surface area contributed by atoms with Gasteiger partial charge < -0.3 is 19.3 Å². The lowest BCUT2D eigenvalue weighted by Gasteiger charge is -2.21. The summed E-state index contributed by atoms with van der Waals surface area (Å²) in [5.74, 6) is 0.325. The van der Waals surface area contributed by atoms with Gasteiger partial charge in [-0.2, -0.15) is 0 Å². The SMILES string of the molecule is COc1nccnc1OC1CCN(C(=O)C2CC(=O)N(c3ccc(C)cc3)C2)C1. The maximum atomic E-state index is 13.0. The van der Waals surface area contributed by atoms with Crippen LogP contribution < -0.4 is 14.4 Å². The van der Waals surface area contributed by atoms with Crippen molar-refractivity contribution < 1.29 is 19.1 Å². The number of nitrogens with zero attached hydrogens (tertiary/aromatic N) is 4. The number of aromatic nitrogens is 2. The first-order valence-electron chi connectivity index (χ1n) is 9.72. The minimum atomic E-state index is -0.325. The van der Waals surface area contributed by atoms with Crippen LogP contribution in [0.1, 0.15) is 18.4 Å². The Labute approximate surface area is 169 Å². The number of likely N-dealkylation sites (tertiary alicyclic amines) is 1. The minimum absolute atomic E-state index is 0.00479. The van der Waals surface area contributed by atoms with E-state index in [9.17, 15) is 9.59 Å². The second-order valence-corrected chi connectivity index (χ2v) is 7.42. The highest BCUT2D eigenvalue weighted by atomic mass is 16.5. The number of anilines is 1. The predicted octanol–water partition coefficient (Wildman–Crippen LogP) is 1.83. The molecule has 4 rings (SSSR count). The van der Waals surface area contributed by atoms with Crippen molar-refractivity contribution in [2.75, 3.05) is 31.6 Å². The molecule has 2 fully saturated rings. The van der Waals surface area contributed by atoms with E-state index in [1.54, 1.807) is 16.0 Å². The van der Waals surface area contributed by atoms with Crippen LogP contribution in [0, 0.1) is 12.8 Å². The molecule has 2 atom stereocenters. The molecule has 2 amide bonds. The summed E-state index contributed by atoms with van der Waals surface area (Å²) in [4.78, 5) is 37.2. The molecule has 2 aliphatic heterocycles. The molecule has 2 aliphatic rings. The van der Waals surface area contributed by atoms with Crippen molar-refractivity contribution in [1.82, 2.24) is 14.9 Å². The Morgan fingerprint density at radius 3 is 2.55 bits per heavy atom. The van der Waals surface area contributed by atoms with Gasteiger partial charge in [0.05, 0.1) is 19.6 Å². The normalized spacial score (nSPS) is 21.5. The zero-order valence-corrected chi connectivity index (χ0v) is 16.6. The molecule has 152 valence electrons. The predicted molar refractivity (Wildman–Crippen MR) is 106 cm³/mol. The fraction of sp³-hybridized carbons (Fsp3) is 0.429. The molecule has 29 heavy (non-hydrogen) atoms. The van der Waals surface area contributed by atoms with Crippen LogP contribution in [0.15, 0.2) is 36.7 Å². The lowest BCUT2D eigenvalue weighted by atomic mass is 10.1. The third-order valence-electron chi connectivity index (χ3n) is 5.38. The molecule has 0 radical (unpaired) electrons. The lowest BCUT2D eigenvalue weighted by molar-refractivity contribution is -0.135. The average molecular weight is 396 g/mol. The van der Waals surface area contributed by atoms with Crippen LogP contribution in [0.2, 0.25) is 0 Å². The molecule has 0 aliphatic carbocycles. The Hall–Kier alpha value is -3.16. The Balaban J connectivity index is 1.37. The van der Waals surface area contributed by atoms with Crippen molar-refractivity contribution in [3.05, 3.63) is 42.2 Å². The molecule has 2 saturated heterocycles. The molecule has 1 aromatic carbocycles. The highest BCUT2D eigenvalue weighted by molar-refractivity contribution is 6.00. The second kappa shape index (κ2) is 8.06. The number of carbonyl (C=O) groups excluding carboxylic acids is 2. The number of ether oxygens (including phenoxy) is 2. The highest BCUT2D eigenvalue weighted by Gasteiger charge is 2.39. The summed E-state index contributed by atoms with van der Waals surface area (Å²) >= 11 is 0. The van der Waals surface area contributed by atoms with Gasteiger partial charge in [-0.05, 0) is 19.1 Å². The number of methoxy groups -OCH3 is 1. The van der Waals surface area contributed by atoms with E-state index < -0.39 is 0 Å². The molecule has 0 N–H and O–H groups in total. The van der Waals surface area contributed by atoms with E-state index in [1.165, 1.54) is 13.3 Å². The lowest BCUT2D eigenvalue weighted by Crippen LogP contribution is -2.37. The molecule has 8 heteroatoms. The quantitative estimate of drug-likeness (QED) is 0.767. The first kappa shape index (κ1) is 19.2. The monoisotopic (exact) mass is 396 g/mol. The Morgan fingerprint density at radius 2 is 1.83 bits per heavy atom. The van der Waals surface area contributed by atoms with E-state index in [1.807, 2.05) is 31.2 Å². The van der Waals surface area contributed by atoms with Crippen molar-refractivity contribution in [1.29, 1.82) is 0 Å². The smallest absolute Gasteiger partial charge is 0.278 e. The third kappa shape index (κ3) is 4.01. The minimum Gasteiger partial charge on any atom is -0.477 e. The van der Waals surface area contributed by atoms with Crippen LogP contribution in [0.25, 0.3) is 0 Å². The van der Waals surface area contributed by atoms with E-state index in [0.29, 0.717) is 37.8 Å². The largest absolute Gasteiger partial charge is 0.477 e. The summed E-state index contributed by atoms with van der Waals surface area (Å²) in [5.41, 5.74) is 1.98. The van der Waals surface area contributed by atoms with Gasteiger partial charge >= 0.3 is 0 Å². The second-order valence-electron chi connectivity index (χ2n) is 7.42. The molecular formula is C21H24N4O4. The van der Waals surface area contributed by atoms with Gasteiger partial charge in [-0.1, -0.05) is 17.7 Å². The fourth-order valence-corrected chi connectivity index (χ4v) is 3.82. The van der Waals surface area contributed by atoms with Gasteiger partial charge in [-0.3, -0.25) is 9.59 Å². The molecule has 1 aromatic heterocycles. The number of aryl methyl sites for hydroxylation is 1. The van der Waals surface area contributed by atoms with Crippen LogP contribution in [-0.4, -0.2) is 59.5 Å². The number of rotatable bonds is 5. The molecular weight excluding hydrogens is 372 g/mol. The number of hydrogen-bond donors (Lipinski definition) is 0. The topological polar surface area (TPSA) is 84.9 Å². The van der Waals surface area contributed by atoms with Crippen LogP contribution in [0.4, 0.5) is 5.69 Å². The van der Waals surface area contributed by atoms with Crippen molar-refractivity contribution >= 4 is 17.5 Å². The van der Waals surface area contributed by atoms with E-state index in [-0.39, 0.29) is 30.3 Å². The Kier molecular flexibility index (Phi) is 5.33. The van der Waals surface area contributed by atoms with Gasteiger partial charge in [-0.25, -0.2) is 9.97 Å². The Morgan fingerprint density at radius 1 is 1.10 bits per heavy atom. The Bertz CT molecular complexity index is 902. The number of carbonyl (C=O) groups is 2. The maximum Gasteiger partial charge on any atom is 0.278 e. The van der Waals surface area contributed by atoms with Crippen molar-refractivity contribution in [3.63, 3.8) is 0 Å². The molecule has 3 heterocycles. The summed E-state index contributed by atoms with van der Waals surface area (Å²) in [7, 11) is 1.51. The molecule has 0 saturated carbocycles. The molecule has 2 aromatic rings. The third-order valence-corrected chi connectivity index (χ3v) is 5.38. The number of benzene rings is 1. The van der Waals surface area contributed by atoms with Gasteiger partial charge in [0, 0.05) is 44.0 Å². The van der Waals surface area contributed by atoms with Crippen molar-refractivity contribution in [2.45, 2.75) is 25.9 Å². The van der Waals surface area contributed by atoms with Crippen LogP contribution in [-0.2, 0) is 9.59 Å². The zero-order valence-electron chi connectivity index (χ0n) is 16.6. The maximum absolute atomic E-state index is 13.0.